The van der Waals surface area contributed by atoms with E-state index in [0.717, 1.165) is 31.6 Å². The Balaban J connectivity index is 1.66. The first-order valence-electron chi connectivity index (χ1n) is 8.28. The highest BCUT2D eigenvalue weighted by Crippen LogP contribution is 2.34. The van der Waals surface area contributed by atoms with Crippen LogP contribution in [0.5, 0.6) is 0 Å². The summed E-state index contributed by atoms with van der Waals surface area (Å²) in [5, 5.41) is 5.87. The fraction of sp³-hybridized carbons (Fsp3) is 0.368. The van der Waals surface area contributed by atoms with Gasteiger partial charge in [0.05, 0.1) is 11.9 Å². The molecule has 2 N–H and O–H groups in total. The van der Waals surface area contributed by atoms with Gasteiger partial charge in [0, 0.05) is 31.4 Å². The standard InChI is InChI=1S/C19H23N3O2/c1-15-11-17(13-20-12-15)22-18(23)21-14-19(7-9-24-10-8-19)16-5-3-2-4-6-16/h2-6,11-13H,7-10,14H2,1H3,(H2,21,22,23). The van der Waals surface area contributed by atoms with Crippen molar-refractivity contribution in [1.29, 1.82) is 0 Å². The van der Waals surface area contributed by atoms with E-state index in [1.54, 1.807) is 12.4 Å². The summed E-state index contributed by atoms with van der Waals surface area (Å²) in [6.07, 6.45) is 5.22. The summed E-state index contributed by atoms with van der Waals surface area (Å²) in [5.74, 6) is 0. The van der Waals surface area contributed by atoms with Crippen molar-refractivity contribution in [3.63, 3.8) is 0 Å². The SMILES string of the molecule is Cc1cncc(NC(=O)NCC2(c3ccccc3)CCOCC2)c1. The molecule has 2 heterocycles. The Hall–Kier alpha value is -2.40. The van der Waals surface area contributed by atoms with Crippen LogP contribution in [-0.4, -0.2) is 30.8 Å². The zero-order valence-electron chi connectivity index (χ0n) is 13.9. The molecule has 1 aliphatic rings. The van der Waals surface area contributed by atoms with Gasteiger partial charge in [0.15, 0.2) is 0 Å². The van der Waals surface area contributed by atoms with Crippen LogP contribution in [0.2, 0.25) is 0 Å². The third-order valence-corrected chi connectivity index (χ3v) is 4.56. The van der Waals surface area contributed by atoms with Crippen molar-refractivity contribution in [2.24, 2.45) is 0 Å². The van der Waals surface area contributed by atoms with E-state index in [4.69, 9.17) is 4.74 Å². The lowest BCUT2D eigenvalue weighted by atomic mass is 9.74. The molecular formula is C19H23N3O2. The first-order chi connectivity index (χ1) is 11.7. The number of hydrogen-bond acceptors (Lipinski definition) is 3. The van der Waals surface area contributed by atoms with Crippen LogP contribution in [-0.2, 0) is 10.2 Å². The average molecular weight is 325 g/mol. The van der Waals surface area contributed by atoms with Crippen molar-refractivity contribution in [2.75, 3.05) is 25.1 Å². The Labute approximate surface area is 142 Å². The number of carbonyl (C=O) groups is 1. The molecule has 2 amide bonds. The van der Waals surface area contributed by atoms with Crippen LogP contribution in [0.4, 0.5) is 10.5 Å². The first kappa shape index (κ1) is 16.5. The monoisotopic (exact) mass is 325 g/mol. The van der Waals surface area contributed by atoms with E-state index in [1.807, 2.05) is 31.2 Å². The van der Waals surface area contributed by atoms with Gasteiger partial charge in [-0.05, 0) is 37.0 Å². The van der Waals surface area contributed by atoms with Crippen molar-refractivity contribution < 1.29 is 9.53 Å². The molecule has 1 fully saturated rings. The van der Waals surface area contributed by atoms with E-state index < -0.39 is 0 Å². The van der Waals surface area contributed by atoms with Gasteiger partial charge in [-0.2, -0.15) is 0 Å². The average Bonchev–Trinajstić information content (AvgIpc) is 2.62. The lowest BCUT2D eigenvalue weighted by molar-refractivity contribution is 0.0508. The van der Waals surface area contributed by atoms with E-state index in [1.165, 1.54) is 5.56 Å². The minimum absolute atomic E-state index is 0.0678. The highest BCUT2D eigenvalue weighted by atomic mass is 16.5. The van der Waals surface area contributed by atoms with Gasteiger partial charge in [0.2, 0.25) is 0 Å². The number of ether oxygens (including phenoxy) is 1. The van der Waals surface area contributed by atoms with Crippen LogP contribution in [0.3, 0.4) is 0 Å². The lowest BCUT2D eigenvalue weighted by Gasteiger charge is -2.38. The summed E-state index contributed by atoms with van der Waals surface area (Å²) >= 11 is 0. The van der Waals surface area contributed by atoms with Crippen molar-refractivity contribution in [1.82, 2.24) is 10.3 Å². The molecule has 126 valence electrons. The topological polar surface area (TPSA) is 63.2 Å². The van der Waals surface area contributed by atoms with Crippen LogP contribution in [0.15, 0.2) is 48.8 Å². The van der Waals surface area contributed by atoms with E-state index in [-0.39, 0.29) is 11.4 Å². The Kier molecular flexibility index (Phi) is 5.11. The highest BCUT2D eigenvalue weighted by Gasteiger charge is 2.34. The van der Waals surface area contributed by atoms with Gasteiger partial charge in [-0.3, -0.25) is 4.98 Å². The molecule has 5 nitrogen and oxygen atoms in total. The predicted octanol–water partition coefficient (Wildman–Crippen LogP) is 3.26. The van der Waals surface area contributed by atoms with Crippen LogP contribution < -0.4 is 10.6 Å². The number of urea groups is 1. The number of pyridine rings is 1. The zero-order valence-corrected chi connectivity index (χ0v) is 13.9. The normalized spacial score (nSPS) is 16.4. The number of aryl methyl sites for hydroxylation is 1. The quantitative estimate of drug-likeness (QED) is 0.907. The molecule has 0 radical (unpaired) electrons. The second-order valence-electron chi connectivity index (χ2n) is 6.32. The van der Waals surface area contributed by atoms with Gasteiger partial charge >= 0.3 is 6.03 Å². The van der Waals surface area contributed by atoms with Crippen LogP contribution in [0, 0.1) is 6.92 Å². The molecular weight excluding hydrogens is 302 g/mol. The number of carbonyl (C=O) groups excluding carboxylic acids is 1. The number of benzene rings is 1. The number of nitrogens with zero attached hydrogens (tertiary/aromatic N) is 1. The van der Waals surface area contributed by atoms with E-state index in [0.29, 0.717) is 12.2 Å². The fourth-order valence-corrected chi connectivity index (χ4v) is 3.17. The Bertz CT molecular complexity index is 682. The molecule has 0 unspecified atom stereocenters. The number of anilines is 1. The molecule has 1 aromatic carbocycles. The third-order valence-electron chi connectivity index (χ3n) is 4.56. The summed E-state index contributed by atoms with van der Waals surface area (Å²) in [4.78, 5) is 16.3. The molecule has 3 rings (SSSR count). The van der Waals surface area contributed by atoms with E-state index in [2.05, 4.69) is 27.8 Å². The summed E-state index contributed by atoms with van der Waals surface area (Å²) in [6, 6.07) is 12.1. The minimum Gasteiger partial charge on any atom is -0.381 e. The number of amides is 2. The minimum atomic E-state index is -0.204. The molecule has 5 heteroatoms. The zero-order chi connectivity index (χ0) is 16.8. The molecule has 24 heavy (non-hydrogen) atoms. The lowest BCUT2D eigenvalue weighted by Crippen LogP contribution is -2.45. The van der Waals surface area contributed by atoms with Gasteiger partial charge in [-0.15, -0.1) is 0 Å². The molecule has 0 bridgehead atoms. The van der Waals surface area contributed by atoms with Gasteiger partial charge in [-0.1, -0.05) is 30.3 Å². The van der Waals surface area contributed by atoms with Gasteiger partial charge in [-0.25, -0.2) is 4.79 Å². The maximum atomic E-state index is 12.3. The molecule has 1 saturated heterocycles. The van der Waals surface area contributed by atoms with Crippen LogP contribution in [0.25, 0.3) is 0 Å². The molecule has 2 aromatic rings. The van der Waals surface area contributed by atoms with Crippen molar-refractivity contribution in [3.05, 3.63) is 59.9 Å². The van der Waals surface area contributed by atoms with Crippen molar-refractivity contribution in [3.8, 4) is 0 Å². The smallest absolute Gasteiger partial charge is 0.319 e. The maximum Gasteiger partial charge on any atom is 0.319 e. The Morgan fingerprint density at radius 2 is 1.96 bits per heavy atom. The summed E-state index contributed by atoms with van der Waals surface area (Å²) in [6.45, 7) is 3.98. The molecule has 1 aliphatic heterocycles. The first-order valence-corrected chi connectivity index (χ1v) is 8.28. The molecule has 0 atom stereocenters. The van der Waals surface area contributed by atoms with Crippen LogP contribution in [0.1, 0.15) is 24.0 Å². The highest BCUT2D eigenvalue weighted by molar-refractivity contribution is 5.89. The Morgan fingerprint density at radius 1 is 1.21 bits per heavy atom. The van der Waals surface area contributed by atoms with E-state index in [9.17, 15) is 4.79 Å². The van der Waals surface area contributed by atoms with E-state index >= 15 is 0 Å². The Morgan fingerprint density at radius 3 is 2.67 bits per heavy atom. The second kappa shape index (κ2) is 7.45. The number of hydrogen-bond donors (Lipinski definition) is 2. The summed E-state index contributed by atoms with van der Waals surface area (Å²) in [7, 11) is 0. The molecule has 1 aromatic heterocycles. The molecule has 0 aliphatic carbocycles. The molecule has 0 spiro atoms. The number of rotatable bonds is 4. The number of nitrogens with one attached hydrogen (secondary N) is 2. The molecule has 0 saturated carbocycles. The summed E-state index contributed by atoms with van der Waals surface area (Å²) in [5.41, 5.74) is 2.90. The van der Waals surface area contributed by atoms with Gasteiger partial charge < -0.3 is 15.4 Å². The maximum absolute atomic E-state index is 12.3. The largest absolute Gasteiger partial charge is 0.381 e. The van der Waals surface area contributed by atoms with Crippen molar-refractivity contribution in [2.45, 2.75) is 25.2 Å². The second-order valence-corrected chi connectivity index (χ2v) is 6.32. The summed E-state index contributed by atoms with van der Waals surface area (Å²) < 4.78 is 5.53. The van der Waals surface area contributed by atoms with Crippen molar-refractivity contribution >= 4 is 11.7 Å². The van der Waals surface area contributed by atoms with Gasteiger partial charge in [0.1, 0.15) is 0 Å². The van der Waals surface area contributed by atoms with Crippen LogP contribution >= 0.6 is 0 Å². The predicted molar refractivity (Wildman–Crippen MR) is 94.2 cm³/mol. The third kappa shape index (κ3) is 3.92. The fourth-order valence-electron chi connectivity index (χ4n) is 3.17. The van der Waals surface area contributed by atoms with Gasteiger partial charge in [0.25, 0.3) is 0 Å². The number of aromatic nitrogens is 1.